The number of likely N-dealkylation sites (tertiary alicyclic amines) is 1. The molecule has 0 atom stereocenters. The normalized spacial score (nSPS) is 14.9. The summed E-state index contributed by atoms with van der Waals surface area (Å²) in [5.41, 5.74) is 3.35. The number of ether oxygens (including phenoxy) is 1. The molecule has 0 radical (unpaired) electrons. The summed E-state index contributed by atoms with van der Waals surface area (Å²) < 4.78 is 5.36. The van der Waals surface area contributed by atoms with Crippen molar-refractivity contribution >= 4 is 16.9 Å². The summed E-state index contributed by atoms with van der Waals surface area (Å²) in [5, 5.41) is 21.0. The maximum atomic E-state index is 12.9. The molecule has 0 spiro atoms. The van der Waals surface area contributed by atoms with E-state index in [9.17, 15) is 15.0 Å². The lowest BCUT2D eigenvalue weighted by atomic mass is 9.99. The predicted molar refractivity (Wildman–Crippen MR) is 112 cm³/mol. The van der Waals surface area contributed by atoms with Crippen molar-refractivity contribution in [3.8, 4) is 22.8 Å². The molecule has 6 heteroatoms. The predicted octanol–water partition coefficient (Wildman–Crippen LogP) is 4.41. The molecule has 4 rings (SSSR count). The van der Waals surface area contributed by atoms with E-state index in [1.807, 2.05) is 0 Å². The highest BCUT2D eigenvalue weighted by atomic mass is 16.5. The number of carbonyl (C=O) groups is 1. The molecule has 3 N–H and O–H groups in total. The van der Waals surface area contributed by atoms with E-state index in [1.165, 1.54) is 6.42 Å². The standard InChI is InChI=1S/C23H26N2O4/c1-2-29-23(28)21-20-17(14-25-12-4-3-5-13-25)19(27)11-10-18(20)24-22(21)15-6-8-16(26)9-7-15/h6-11,24,26-27H,2-5,12-14H2,1H3. The molecule has 3 aromatic rings. The molecule has 2 aromatic carbocycles. The van der Waals surface area contributed by atoms with Crippen molar-refractivity contribution in [2.24, 2.45) is 0 Å². The quantitative estimate of drug-likeness (QED) is 0.558. The Balaban J connectivity index is 1.90. The molecule has 1 aliphatic heterocycles. The fraction of sp³-hybridized carbons (Fsp3) is 0.348. The molecule has 152 valence electrons. The van der Waals surface area contributed by atoms with Gasteiger partial charge in [0, 0.05) is 23.0 Å². The lowest BCUT2D eigenvalue weighted by molar-refractivity contribution is 0.0529. The first-order valence-corrected chi connectivity index (χ1v) is 10.1. The average molecular weight is 394 g/mol. The van der Waals surface area contributed by atoms with Crippen molar-refractivity contribution < 1.29 is 19.7 Å². The maximum absolute atomic E-state index is 12.9. The summed E-state index contributed by atoms with van der Waals surface area (Å²) in [6.07, 6.45) is 3.52. The van der Waals surface area contributed by atoms with Crippen LogP contribution in [0.5, 0.6) is 11.5 Å². The second-order valence-corrected chi connectivity index (χ2v) is 7.46. The number of fused-ring (bicyclic) bond motifs is 1. The zero-order chi connectivity index (χ0) is 20.4. The van der Waals surface area contributed by atoms with E-state index in [2.05, 4.69) is 9.88 Å². The van der Waals surface area contributed by atoms with Crippen LogP contribution in [-0.4, -0.2) is 45.8 Å². The number of aromatic nitrogens is 1. The number of nitrogens with one attached hydrogen (secondary N) is 1. The Labute approximate surface area is 169 Å². The minimum Gasteiger partial charge on any atom is -0.508 e. The number of H-pyrrole nitrogens is 1. The van der Waals surface area contributed by atoms with Crippen LogP contribution < -0.4 is 0 Å². The molecule has 1 fully saturated rings. The third-order valence-electron chi connectivity index (χ3n) is 5.51. The first kappa shape index (κ1) is 19.3. The first-order valence-electron chi connectivity index (χ1n) is 10.1. The lowest BCUT2D eigenvalue weighted by Gasteiger charge is -2.27. The van der Waals surface area contributed by atoms with Gasteiger partial charge >= 0.3 is 5.97 Å². The highest BCUT2D eigenvalue weighted by molar-refractivity contribution is 6.11. The van der Waals surface area contributed by atoms with E-state index in [0.717, 1.165) is 42.6 Å². The number of aromatic amines is 1. The van der Waals surface area contributed by atoms with Crippen LogP contribution in [-0.2, 0) is 11.3 Å². The molecule has 29 heavy (non-hydrogen) atoms. The molecule has 1 saturated heterocycles. The molecule has 0 aliphatic carbocycles. The number of esters is 1. The van der Waals surface area contributed by atoms with Crippen LogP contribution >= 0.6 is 0 Å². The lowest BCUT2D eigenvalue weighted by Crippen LogP contribution is -2.29. The topological polar surface area (TPSA) is 85.8 Å². The highest BCUT2D eigenvalue weighted by Crippen LogP contribution is 2.37. The Morgan fingerprint density at radius 1 is 1.07 bits per heavy atom. The number of phenols is 2. The third kappa shape index (κ3) is 3.80. The van der Waals surface area contributed by atoms with E-state index in [1.54, 1.807) is 43.3 Å². The third-order valence-corrected chi connectivity index (χ3v) is 5.51. The van der Waals surface area contributed by atoms with Gasteiger partial charge in [0.25, 0.3) is 0 Å². The van der Waals surface area contributed by atoms with E-state index in [0.29, 0.717) is 23.2 Å². The van der Waals surface area contributed by atoms with Crippen molar-refractivity contribution in [1.82, 2.24) is 9.88 Å². The Kier molecular flexibility index (Phi) is 5.45. The highest BCUT2D eigenvalue weighted by Gasteiger charge is 2.25. The SMILES string of the molecule is CCOC(=O)c1c(-c2ccc(O)cc2)[nH]c2ccc(O)c(CN3CCCCC3)c12. The number of hydrogen-bond acceptors (Lipinski definition) is 5. The van der Waals surface area contributed by atoms with Crippen molar-refractivity contribution in [1.29, 1.82) is 0 Å². The van der Waals surface area contributed by atoms with Crippen LogP contribution in [0, 0.1) is 0 Å². The Bertz CT molecular complexity index is 1020. The van der Waals surface area contributed by atoms with E-state index < -0.39 is 5.97 Å². The van der Waals surface area contributed by atoms with Crippen LogP contribution in [0.4, 0.5) is 0 Å². The fourth-order valence-electron chi connectivity index (χ4n) is 4.10. The average Bonchev–Trinajstić information content (AvgIpc) is 3.11. The van der Waals surface area contributed by atoms with Crippen LogP contribution in [0.15, 0.2) is 36.4 Å². The van der Waals surface area contributed by atoms with Gasteiger partial charge in [0.2, 0.25) is 0 Å². The van der Waals surface area contributed by atoms with Gasteiger partial charge in [0.15, 0.2) is 0 Å². The van der Waals surface area contributed by atoms with Crippen LogP contribution in [0.25, 0.3) is 22.2 Å². The molecule has 0 bridgehead atoms. The van der Waals surface area contributed by atoms with Gasteiger partial charge in [-0.15, -0.1) is 0 Å². The van der Waals surface area contributed by atoms with Crippen molar-refractivity contribution in [2.75, 3.05) is 19.7 Å². The molecular formula is C23H26N2O4. The van der Waals surface area contributed by atoms with Gasteiger partial charge in [0.05, 0.1) is 17.9 Å². The molecule has 0 amide bonds. The van der Waals surface area contributed by atoms with Crippen LogP contribution in [0.1, 0.15) is 42.1 Å². The van der Waals surface area contributed by atoms with Gasteiger partial charge < -0.3 is 19.9 Å². The molecule has 1 aromatic heterocycles. The number of piperidine rings is 1. The van der Waals surface area contributed by atoms with Crippen LogP contribution in [0.2, 0.25) is 0 Å². The largest absolute Gasteiger partial charge is 0.508 e. The summed E-state index contributed by atoms with van der Waals surface area (Å²) in [7, 11) is 0. The summed E-state index contributed by atoms with van der Waals surface area (Å²) in [5.74, 6) is -0.0804. The van der Waals surface area contributed by atoms with E-state index in [-0.39, 0.29) is 18.1 Å². The molecular weight excluding hydrogens is 368 g/mol. The van der Waals surface area contributed by atoms with Crippen molar-refractivity contribution in [3.63, 3.8) is 0 Å². The summed E-state index contributed by atoms with van der Waals surface area (Å²) in [4.78, 5) is 18.6. The van der Waals surface area contributed by atoms with Gasteiger partial charge in [-0.25, -0.2) is 4.79 Å². The zero-order valence-corrected chi connectivity index (χ0v) is 16.6. The van der Waals surface area contributed by atoms with Gasteiger partial charge in [-0.1, -0.05) is 6.42 Å². The van der Waals surface area contributed by atoms with E-state index in [4.69, 9.17) is 4.74 Å². The van der Waals surface area contributed by atoms with Crippen molar-refractivity contribution in [3.05, 3.63) is 47.5 Å². The van der Waals surface area contributed by atoms with Crippen molar-refractivity contribution in [2.45, 2.75) is 32.7 Å². The maximum Gasteiger partial charge on any atom is 0.340 e. The number of phenolic OH excluding ortho intramolecular Hbond substituents is 2. The molecule has 1 aliphatic rings. The number of carbonyl (C=O) groups excluding carboxylic acids is 1. The molecule has 0 saturated carbocycles. The smallest absolute Gasteiger partial charge is 0.340 e. The van der Waals surface area contributed by atoms with Gasteiger partial charge in [-0.05, 0) is 74.8 Å². The second kappa shape index (κ2) is 8.17. The molecule has 2 heterocycles. The minimum atomic E-state index is -0.424. The monoisotopic (exact) mass is 394 g/mol. The Morgan fingerprint density at radius 2 is 1.79 bits per heavy atom. The Hall–Kier alpha value is -2.99. The number of benzene rings is 2. The summed E-state index contributed by atoms with van der Waals surface area (Å²) in [6, 6.07) is 10.1. The number of rotatable bonds is 5. The molecule has 0 unspecified atom stereocenters. The minimum absolute atomic E-state index is 0.158. The number of nitrogens with zero attached hydrogens (tertiary/aromatic N) is 1. The summed E-state index contributed by atoms with van der Waals surface area (Å²) in [6.45, 7) is 4.60. The molecule has 6 nitrogen and oxygen atoms in total. The number of hydrogen-bond donors (Lipinski definition) is 3. The zero-order valence-electron chi connectivity index (χ0n) is 16.6. The van der Waals surface area contributed by atoms with Gasteiger partial charge in [0.1, 0.15) is 11.5 Å². The summed E-state index contributed by atoms with van der Waals surface area (Å²) >= 11 is 0. The van der Waals surface area contributed by atoms with Gasteiger partial charge in [-0.2, -0.15) is 0 Å². The Morgan fingerprint density at radius 3 is 2.48 bits per heavy atom. The fourth-order valence-corrected chi connectivity index (χ4v) is 4.10. The number of aromatic hydroxyl groups is 2. The van der Waals surface area contributed by atoms with Crippen LogP contribution in [0.3, 0.4) is 0 Å². The second-order valence-electron chi connectivity index (χ2n) is 7.46. The van der Waals surface area contributed by atoms with Gasteiger partial charge in [-0.3, -0.25) is 4.90 Å². The first-order chi connectivity index (χ1) is 14.1. The van der Waals surface area contributed by atoms with E-state index >= 15 is 0 Å².